The summed E-state index contributed by atoms with van der Waals surface area (Å²) >= 11 is 6.11. The number of carbonyl (C=O) groups excluding carboxylic acids is 1. The van der Waals surface area contributed by atoms with Gasteiger partial charge in [0.15, 0.2) is 0 Å². The Bertz CT molecular complexity index is 923. The molecule has 1 N–H and O–H groups in total. The van der Waals surface area contributed by atoms with Gasteiger partial charge in [-0.25, -0.2) is 19.7 Å². The standard InChI is InChI=1S/C18H18ClN7O/c19-14-3-1-2-4-15(14)23-18(27)25-9-7-24(8-10-25)16-11-17(22-12-21-16)26-6-5-20-13-26/h1-6,11-13H,7-10H2,(H,23,27). The minimum Gasteiger partial charge on any atom is -0.353 e. The molecule has 0 aliphatic carbocycles. The fourth-order valence-corrected chi connectivity index (χ4v) is 3.12. The highest BCUT2D eigenvalue weighted by Crippen LogP contribution is 2.21. The summed E-state index contributed by atoms with van der Waals surface area (Å²) in [5.41, 5.74) is 0.618. The van der Waals surface area contributed by atoms with Crippen molar-refractivity contribution in [2.75, 3.05) is 36.4 Å². The molecule has 3 heterocycles. The van der Waals surface area contributed by atoms with Gasteiger partial charge in [-0.2, -0.15) is 0 Å². The Morgan fingerprint density at radius 2 is 1.85 bits per heavy atom. The lowest BCUT2D eigenvalue weighted by Crippen LogP contribution is -2.50. The summed E-state index contributed by atoms with van der Waals surface area (Å²) in [6.07, 6.45) is 6.78. The van der Waals surface area contributed by atoms with Crippen LogP contribution in [0.5, 0.6) is 0 Å². The van der Waals surface area contributed by atoms with Gasteiger partial charge in [0.1, 0.15) is 24.3 Å². The predicted octanol–water partition coefficient (Wildman–Crippen LogP) is 2.67. The number of hydrogen-bond acceptors (Lipinski definition) is 5. The van der Waals surface area contributed by atoms with Gasteiger partial charge in [-0.05, 0) is 12.1 Å². The summed E-state index contributed by atoms with van der Waals surface area (Å²) in [6.45, 7) is 2.58. The van der Waals surface area contributed by atoms with Crippen molar-refractivity contribution in [3.63, 3.8) is 0 Å². The second kappa shape index (κ2) is 7.63. The number of hydrogen-bond donors (Lipinski definition) is 1. The molecule has 0 radical (unpaired) electrons. The lowest BCUT2D eigenvalue weighted by molar-refractivity contribution is 0.208. The van der Waals surface area contributed by atoms with E-state index >= 15 is 0 Å². The van der Waals surface area contributed by atoms with Gasteiger partial charge in [-0.15, -0.1) is 0 Å². The molecule has 9 heteroatoms. The van der Waals surface area contributed by atoms with Crippen molar-refractivity contribution in [2.24, 2.45) is 0 Å². The first-order valence-corrected chi connectivity index (χ1v) is 8.94. The van der Waals surface area contributed by atoms with E-state index in [4.69, 9.17) is 11.6 Å². The molecule has 8 nitrogen and oxygen atoms in total. The van der Waals surface area contributed by atoms with Crippen molar-refractivity contribution in [3.05, 3.63) is 60.4 Å². The van der Waals surface area contributed by atoms with Gasteiger partial charge in [0.25, 0.3) is 0 Å². The molecule has 2 amide bonds. The van der Waals surface area contributed by atoms with Crippen LogP contribution >= 0.6 is 11.6 Å². The molecule has 0 bridgehead atoms. The third kappa shape index (κ3) is 3.85. The van der Waals surface area contributed by atoms with Crippen LogP contribution in [0.15, 0.2) is 55.4 Å². The lowest BCUT2D eigenvalue weighted by Gasteiger charge is -2.35. The summed E-state index contributed by atoms with van der Waals surface area (Å²) in [7, 11) is 0. The van der Waals surface area contributed by atoms with Crippen molar-refractivity contribution < 1.29 is 4.79 Å². The molecule has 0 unspecified atom stereocenters. The fraction of sp³-hybridized carbons (Fsp3) is 0.222. The number of para-hydroxylation sites is 1. The second-order valence-corrected chi connectivity index (χ2v) is 6.50. The Hall–Kier alpha value is -3.13. The molecule has 1 aromatic carbocycles. The van der Waals surface area contributed by atoms with Gasteiger partial charge in [0.05, 0.1) is 10.7 Å². The summed E-state index contributed by atoms with van der Waals surface area (Å²) < 4.78 is 1.83. The monoisotopic (exact) mass is 383 g/mol. The summed E-state index contributed by atoms with van der Waals surface area (Å²) in [5.74, 6) is 1.59. The normalized spacial score (nSPS) is 14.3. The Kier molecular flexibility index (Phi) is 4.88. The molecule has 138 valence electrons. The quantitative estimate of drug-likeness (QED) is 0.752. The smallest absolute Gasteiger partial charge is 0.322 e. The highest BCUT2D eigenvalue weighted by Gasteiger charge is 2.22. The molecule has 1 aliphatic heterocycles. The number of amides is 2. The van der Waals surface area contributed by atoms with Gasteiger partial charge in [-0.3, -0.25) is 4.57 Å². The van der Waals surface area contributed by atoms with Crippen LogP contribution < -0.4 is 10.2 Å². The van der Waals surface area contributed by atoms with Gasteiger partial charge in [-0.1, -0.05) is 23.7 Å². The zero-order valence-electron chi connectivity index (χ0n) is 14.5. The van der Waals surface area contributed by atoms with E-state index < -0.39 is 0 Å². The number of carbonyl (C=O) groups is 1. The van der Waals surface area contributed by atoms with Gasteiger partial charge < -0.3 is 15.1 Å². The molecule has 0 saturated carbocycles. The van der Waals surface area contributed by atoms with Gasteiger partial charge in [0, 0.05) is 44.6 Å². The van der Waals surface area contributed by atoms with Crippen molar-refractivity contribution in [1.29, 1.82) is 0 Å². The van der Waals surface area contributed by atoms with E-state index in [9.17, 15) is 4.79 Å². The summed E-state index contributed by atoms with van der Waals surface area (Å²) in [5, 5.41) is 3.39. The molecule has 4 rings (SSSR count). The zero-order valence-corrected chi connectivity index (χ0v) is 15.3. The van der Waals surface area contributed by atoms with E-state index in [0.717, 1.165) is 11.6 Å². The topological polar surface area (TPSA) is 79.2 Å². The zero-order chi connectivity index (χ0) is 18.6. The molecule has 1 saturated heterocycles. The van der Waals surface area contributed by atoms with Crippen molar-refractivity contribution in [2.45, 2.75) is 0 Å². The van der Waals surface area contributed by atoms with Crippen LogP contribution in [-0.2, 0) is 0 Å². The van der Waals surface area contributed by atoms with E-state index in [1.807, 2.05) is 29.0 Å². The maximum atomic E-state index is 12.5. The lowest BCUT2D eigenvalue weighted by atomic mass is 10.3. The third-order valence-electron chi connectivity index (χ3n) is 4.41. The largest absolute Gasteiger partial charge is 0.353 e. The van der Waals surface area contributed by atoms with Gasteiger partial charge >= 0.3 is 6.03 Å². The fourth-order valence-electron chi connectivity index (χ4n) is 2.94. The Balaban J connectivity index is 1.38. The Morgan fingerprint density at radius 3 is 2.59 bits per heavy atom. The van der Waals surface area contributed by atoms with Crippen LogP contribution in [0, 0.1) is 0 Å². The maximum Gasteiger partial charge on any atom is 0.322 e. The number of nitrogens with zero attached hydrogens (tertiary/aromatic N) is 6. The highest BCUT2D eigenvalue weighted by atomic mass is 35.5. The van der Waals surface area contributed by atoms with Gasteiger partial charge in [0.2, 0.25) is 0 Å². The third-order valence-corrected chi connectivity index (χ3v) is 4.74. The Morgan fingerprint density at radius 1 is 1.07 bits per heavy atom. The number of urea groups is 1. The highest BCUT2D eigenvalue weighted by molar-refractivity contribution is 6.33. The van der Waals surface area contributed by atoms with Crippen LogP contribution in [-0.4, -0.2) is 56.6 Å². The molecular weight excluding hydrogens is 366 g/mol. The average molecular weight is 384 g/mol. The van der Waals surface area contributed by atoms with Crippen LogP contribution in [0.4, 0.5) is 16.3 Å². The van der Waals surface area contributed by atoms with Crippen molar-refractivity contribution >= 4 is 29.1 Å². The maximum absolute atomic E-state index is 12.5. The molecule has 1 aliphatic rings. The molecule has 3 aromatic rings. The molecule has 0 spiro atoms. The van der Waals surface area contributed by atoms with E-state index in [-0.39, 0.29) is 6.03 Å². The van der Waals surface area contributed by atoms with E-state index in [1.54, 1.807) is 35.9 Å². The Labute approximate surface area is 161 Å². The molecular formula is C18H18ClN7O. The number of anilines is 2. The number of benzene rings is 1. The molecule has 27 heavy (non-hydrogen) atoms. The summed E-state index contributed by atoms with van der Waals surface area (Å²) in [6, 6.07) is 8.98. The first kappa shape index (κ1) is 17.3. The summed E-state index contributed by atoms with van der Waals surface area (Å²) in [4.78, 5) is 29.1. The predicted molar refractivity (Wildman–Crippen MR) is 103 cm³/mol. The first-order chi connectivity index (χ1) is 13.2. The number of rotatable bonds is 3. The second-order valence-electron chi connectivity index (χ2n) is 6.09. The number of halogens is 1. The van der Waals surface area contributed by atoms with Crippen LogP contribution in [0.25, 0.3) is 5.82 Å². The van der Waals surface area contributed by atoms with Crippen LogP contribution in [0.1, 0.15) is 0 Å². The van der Waals surface area contributed by atoms with E-state index in [0.29, 0.717) is 36.9 Å². The molecule has 0 atom stereocenters. The number of imidazole rings is 1. The molecule has 2 aromatic heterocycles. The first-order valence-electron chi connectivity index (χ1n) is 8.56. The minimum atomic E-state index is -0.149. The van der Waals surface area contributed by atoms with E-state index in [2.05, 4.69) is 25.2 Å². The van der Waals surface area contributed by atoms with Crippen molar-refractivity contribution in [1.82, 2.24) is 24.4 Å². The molecule has 1 fully saturated rings. The van der Waals surface area contributed by atoms with Crippen LogP contribution in [0.3, 0.4) is 0 Å². The minimum absolute atomic E-state index is 0.149. The number of piperazine rings is 1. The number of aromatic nitrogens is 4. The SMILES string of the molecule is O=C(Nc1ccccc1Cl)N1CCN(c2cc(-n3ccnc3)ncn2)CC1. The van der Waals surface area contributed by atoms with Crippen LogP contribution in [0.2, 0.25) is 5.02 Å². The van der Waals surface area contributed by atoms with E-state index in [1.165, 1.54) is 0 Å². The average Bonchev–Trinajstić information content (AvgIpc) is 3.25. The van der Waals surface area contributed by atoms with Crippen molar-refractivity contribution in [3.8, 4) is 5.82 Å². The number of nitrogens with one attached hydrogen (secondary N) is 1.